The minimum atomic E-state index is -0.350. The Hall–Kier alpha value is -2.20. The molecule has 0 fully saturated rings. The predicted molar refractivity (Wildman–Crippen MR) is 79.7 cm³/mol. The van der Waals surface area contributed by atoms with Gasteiger partial charge in [0.1, 0.15) is 0 Å². The first-order valence-electron chi connectivity index (χ1n) is 5.74. The summed E-state index contributed by atoms with van der Waals surface area (Å²) in [7, 11) is 0. The van der Waals surface area contributed by atoms with Crippen molar-refractivity contribution in [2.24, 2.45) is 0 Å². The molecule has 4 N–H and O–H groups in total. The molecular weight excluding hydrogens is 262 g/mol. The zero-order chi connectivity index (χ0) is 13.8. The van der Waals surface area contributed by atoms with Gasteiger partial charge >= 0.3 is 6.03 Å². The van der Waals surface area contributed by atoms with E-state index in [0.29, 0.717) is 16.4 Å². The van der Waals surface area contributed by atoms with Gasteiger partial charge in [0.05, 0.1) is 10.7 Å². The number of hydrogen-bond acceptors (Lipinski definition) is 2. The summed E-state index contributed by atoms with van der Waals surface area (Å²) < 4.78 is 0. The van der Waals surface area contributed by atoms with E-state index < -0.39 is 0 Å². The molecule has 98 valence electrons. The van der Waals surface area contributed by atoms with E-state index in [1.807, 2.05) is 31.2 Å². The monoisotopic (exact) mass is 275 g/mol. The van der Waals surface area contributed by atoms with E-state index in [9.17, 15) is 4.79 Å². The zero-order valence-corrected chi connectivity index (χ0v) is 11.2. The van der Waals surface area contributed by atoms with E-state index in [1.54, 1.807) is 18.2 Å². The molecule has 2 amide bonds. The Morgan fingerprint density at radius 3 is 2.63 bits per heavy atom. The number of nitrogen functional groups attached to an aromatic ring is 1. The number of rotatable bonds is 2. The molecule has 0 saturated carbocycles. The first kappa shape index (κ1) is 13.2. The Labute approximate surface area is 116 Å². The highest BCUT2D eigenvalue weighted by atomic mass is 35.5. The number of halogens is 1. The number of urea groups is 1. The van der Waals surface area contributed by atoms with Crippen LogP contribution in [-0.2, 0) is 0 Å². The van der Waals surface area contributed by atoms with Crippen LogP contribution in [-0.4, -0.2) is 6.03 Å². The summed E-state index contributed by atoms with van der Waals surface area (Å²) in [6.45, 7) is 1.96. The van der Waals surface area contributed by atoms with Crippen LogP contribution in [0.4, 0.5) is 21.9 Å². The summed E-state index contributed by atoms with van der Waals surface area (Å²) in [5, 5.41) is 5.80. The van der Waals surface area contributed by atoms with Crippen LogP contribution in [0.25, 0.3) is 0 Å². The van der Waals surface area contributed by atoms with Crippen LogP contribution in [0.1, 0.15) is 5.56 Å². The number of aryl methyl sites for hydroxylation is 1. The molecule has 0 atom stereocenters. The maximum absolute atomic E-state index is 11.8. The van der Waals surface area contributed by atoms with E-state index in [0.717, 1.165) is 11.3 Å². The van der Waals surface area contributed by atoms with Gasteiger partial charge in [0.2, 0.25) is 0 Å². The lowest BCUT2D eigenvalue weighted by Gasteiger charge is -2.09. The average Bonchev–Trinajstić information content (AvgIpc) is 2.33. The fraction of sp³-hybridized carbons (Fsp3) is 0.0714. The van der Waals surface area contributed by atoms with Gasteiger partial charge in [-0.2, -0.15) is 0 Å². The molecule has 4 nitrogen and oxygen atoms in total. The summed E-state index contributed by atoms with van der Waals surface area (Å²) in [5.74, 6) is 0. The molecule has 0 aliphatic rings. The van der Waals surface area contributed by atoms with Gasteiger partial charge in [-0.15, -0.1) is 0 Å². The fourth-order valence-corrected chi connectivity index (χ4v) is 1.88. The van der Waals surface area contributed by atoms with Crippen molar-refractivity contribution in [2.75, 3.05) is 16.4 Å². The van der Waals surface area contributed by atoms with Gasteiger partial charge < -0.3 is 16.4 Å². The first-order valence-corrected chi connectivity index (χ1v) is 6.12. The van der Waals surface area contributed by atoms with Crippen molar-refractivity contribution in [3.8, 4) is 0 Å². The number of carbonyl (C=O) groups excluding carboxylic acids is 1. The fourth-order valence-electron chi connectivity index (χ4n) is 1.64. The molecule has 0 heterocycles. The van der Waals surface area contributed by atoms with Crippen LogP contribution >= 0.6 is 11.6 Å². The Balaban J connectivity index is 2.05. The minimum Gasteiger partial charge on any atom is -0.399 e. The molecule has 19 heavy (non-hydrogen) atoms. The SMILES string of the molecule is Cc1cccc(NC(=O)Nc2ccc(N)cc2Cl)c1. The maximum atomic E-state index is 11.8. The molecule has 2 aromatic carbocycles. The van der Waals surface area contributed by atoms with Crippen molar-refractivity contribution in [1.29, 1.82) is 0 Å². The lowest BCUT2D eigenvalue weighted by Crippen LogP contribution is -2.19. The van der Waals surface area contributed by atoms with Gasteiger partial charge in [-0.3, -0.25) is 0 Å². The van der Waals surface area contributed by atoms with E-state index in [-0.39, 0.29) is 6.03 Å². The number of anilines is 3. The number of hydrogen-bond donors (Lipinski definition) is 3. The zero-order valence-electron chi connectivity index (χ0n) is 10.4. The van der Waals surface area contributed by atoms with Crippen LogP contribution < -0.4 is 16.4 Å². The van der Waals surface area contributed by atoms with Crippen molar-refractivity contribution < 1.29 is 4.79 Å². The molecule has 0 unspecified atom stereocenters. The smallest absolute Gasteiger partial charge is 0.323 e. The van der Waals surface area contributed by atoms with Crippen LogP contribution in [0.15, 0.2) is 42.5 Å². The Bertz CT molecular complexity index is 613. The summed E-state index contributed by atoms with van der Waals surface area (Å²) >= 11 is 5.98. The number of amides is 2. The van der Waals surface area contributed by atoms with Crippen LogP contribution in [0.5, 0.6) is 0 Å². The second-order valence-corrected chi connectivity index (χ2v) is 4.60. The summed E-state index contributed by atoms with van der Waals surface area (Å²) in [6.07, 6.45) is 0. The average molecular weight is 276 g/mol. The maximum Gasteiger partial charge on any atom is 0.323 e. The number of nitrogens with two attached hydrogens (primary N) is 1. The number of nitrogens with one attached hydrogen (secondary N) is 2. The summed E-state index contributed by atoms with van der Waals surface area (Å²) in [5.41, 5.74) is 8.45. The van der Waals surface area contributed by atoms with Crippen molar-refractivity contribution in [2.45, 2.75) is 6.92 Å². The molecule has 5 heteroatoms. The number of carbonyl (C=O) groups is 1. The first-order chi connectivity index (χ1) is 9.04. The summed E-state index contributed by atoms with van der Waals surface area (Å²) in [6, 6.07) is 12.1. The number of benzene rings is 2. The van der Waals surface area contributed by atoms with Crippen molar-refractivity contribution in [3.63, 3.8) is 0 Å². The van der Waals surface area contributed by atoms with Crippen LogP contribution in [0, 0.1) is 6.92 Å². The Morgan fingerprint density at radius 1 is 1.16 bits per heavy atom. The molecule has 0 aliphatic heterocycles. The third-order valence-electron chi connectivity index (χ3n) is 2.52. The van der Waals surface area contributed by atoms with Crippen molar-refractivity contribution >= 4 is 34.7 Å². The van der Waals surface area contributed by atoms with Crippen LogP contribution in [0.2, 0.25) is 5.02 Å². The standard InChI is InChI=1S/C14H14ClN3O/c1-9-3-2-4-11(7-9)17-14(19)18-13-6-5-10(16)8-12(13)15/h2-8H,16H2,1H3,(H2,17,18,19). The molecule has 0 radical (unpaired) electrons. The van der Waals surface area contributed by atoms with Gasteiger partial charge in [0.15, 0.2) is 0 Å². The molecular formula is C14H14ClN3O. The van der Waals surface area contributed by atoms with Gasteiger partial charge in [-0.05, 0) is 42.8 Å². The molecule has 0 aliphatic carbocycles. The topological polar surface area (TPSA) is 67.2 Å². The third kappa shape index (κ3) is 3.63. The quantitative estimate of drug-likeness (QED) is 0.728. The molecule has 2 rings (SSSR count). The van der Waals surface area contributed by atoms with E-state index in [4.69, 9.17) is 17.3 Å². The van der Waals surface area contributed by atoms with E-state index in [1.165, 1.54) is 0 Å². The largest absolute Gasteiger partial charge is 0.399 e. The predicted octanol–water partition coefficient (Wildman–Crippen LogP) is 3.87. The van der Waals surface area contributed by atoms with Gasteiger partial charge in [0.25, 0.3) is 0 Å². The van der Waals surface area contributed by atoms with Crippen LogP contribution in [0.3, 0.4) is 0 Å². The van der Waals surface area contributed by atoms with Gasteiger partial charge in [0, 0.05) is 11.4 Å². The third-order valence-corrected chi connectivity index (χ3v) is 2.83. The normalized spacial score (nSPS) is 10.0. The van der Waals surface area contributed by atoms with Gasteiger partial charge in [-0.25, -0.2) is 4.79 Å². The van der Waals surface area contributed by atoms with Gasteiger partial charge in [-0.1, -0.05) is 23.7 Å². The lowest BCUT2D eigenvalue weighted by molar-refractivity contribution is 0.262. The second-order valence-electron chi connectivity index (χ2n) is 4.19. The lowest BCUT2D eigenvalue weighted by atomic mass is 10.2. The summed E-state index contributed by atoms with van der Waals surface area (Å²) in [4.78, 5) is 11.8. The molecule has 0 bridgehead atoms. The molecule has 2 aromatic rings. The second kappa shape index (κ2) is 5.63. The Morgan fingerprint density at radius 2 is 1.95 bits per heavy atom. The highest BCUT2D eigenvalue weighted by Gasteiger charge is 2.06. The minimum absolute atomic E-state index is 0.350. The molecule has 0 aromatic heterocycles. The molecule has 0 spiro atoms. The van der Waals surface area contributed by atoms with E-state index in [2.05, 4.69) is 10.6 Å². The van der Waals surface area contributed by atoms with E-state index >= 15 is 0 Å². The van der Waals surface area contributed by atoms with Crippen molar-refractivity contribution in [1.82, 2.24) is 0 Å². The van der Waals surface area contributed by atoms with Crippen molar-refractivity contribution in [3.05, 3.63) is 53.1 Å². The highest BCUT2D eigenvalue weighted by molar-refractivity contribution is 6.34. The molecule has 0 saturated heterocycles. The highest BCUT2D eigenvalue weighted by Crippen LogP contribution is 2.24. The Kier molecular flexibility index (Phi) is 3.92.